The van der Waals surface area contributed by atoms with Gasteiger partial charge >= 0.3 is 0 Å². The lowest BCUT2D eigenvalue weighted by atomic mass is 10.1. The van der Waals surface area contributed by atoms with Crippen molar-refractivity contribution in [3.05, 3.63) is 57.6 Å². The van der Waals surface area contributed by atoms with Gasteiger partial charge in [0.05, 0.1) is 0 Å². The zero-order valence-electron chi connectivity index (χ0n) is 11.9. The van der Waals surface area contributed by atoms with Gasteiger partial charge in [-0.25, -0.2) is 4.98 Å². The first kappa shape index (κ1) is 14.6. The van der Waals surface area contributed by atoms with E-state index in [-0.39, 0.29) is 11.1 Å². The summed E-state index contributed by atoms with van der Waals surface area (Å²) in [6.07, 6.45) is 3.33. The van der Waals surface area contributed by atoms with Crippen LogP contribution in [0, 0.1) is 0 Å². The van der Waals surface area contributed by atoms with Crippen LogP contribution in [0.25, 0.3) is 0 Å². The quantitative estimate of drug-likeness (QED) is 0.944. The Kier molecular flexibility index (Phi) is 4.14. The van der Waals surface area contributed by atoms with Gasteiger partial charge in [-0.15, -0.1) is 0 Å². The SMILES string of the molecule is CC(C)(C)n1ccnc(NCc2cccc(Cl)c2)c1=O. The van der Waals surface area contributed by atoms with Crippen LogP contribution in [-0.4, -0.2) is 9.55 Å². The zero-order chi connectivity index (χ0) is 14.8. The first-order valence-electron chi connectivity index (χ1n) is 6.44. The zero-order valence-corrected chi connectivity index (χ0v) is 12.6. The fourth-order valence-electron chi connectivity index (χ4n) is 1.89. The van der Waals surface area contributed by atoms with Crippen LogP contribution in [0.4, 0.5) is 5.82 Å². The number of benzene rings is 1. The highest BCUT2D eigenvalue weighted by atomic mass is 35.5. The van der Waals surface area contributed by atoms with E-state index in [4.69, 9.17) is 11.6 Å². The van der Waals surface area contributed by atoms with Crippen LogP contribution in [0.3, 0.4) is 0 Å². The molecule has 0 spiro atoms. The lowest BCUT2D eigenvalue weighted by Gasteiger charge is -2.22. The van der Waals surface area contributed by atoms with E-state index in [1.54, 1.807) is 17.0 Å². The Labute approximate surface area is 123 Å². The number of anilines is 1. The van der Waals surface area contributed by atoms with Gasteiger partial charge in [-0.1, -0.05) is 23.7 Å². The second-order valence-electron chi connectivity index (χ2n) is 5.61. The van der Waals surface area contributed by atoms with Crippen LogP contribution in [0.5, 0.6) is 0 Å². The lowest BCUT2D eigenvalue weighted by Crippen LogP contribution is -2.35. The Bertz CT molecular complexity index is 659. The molecule has 0 amide bonds. The van der Waals surface area contributed by atoms with Crippen molar-refractivity contribution in [2.45, 2.75) is 32.9 Å². The van der Waals surface area contributed by atoms with Gasteiger partial charge in [0.15, 0.2) is 5.82 Å². The molecule has 2 rings (SSSR count). The predicted molar refractivity (Wildman–Crippen MR) is 82.3 cm³/mol. The molecule has 0 saturated heterocycles. The van der Waals surface area contributed by atoms with Crippen molar-refractivity contribution < 1.29 is 0 Å². The molecule has 1 aromatic heterocycles. The number of hydrogen-bond acceptors (Lipinski definition) is 3. The minimum absolute atomic E-state index is 0.123. The van der Waals surface area contributed by atoms with Crippen LogP contribution in [0.2, 0.25) is 5.02 Å². The Balaban J connectivity index is 2.21. The lowest BCUT2D eigenvalue weighted by molar-refractivity contribution is 0.383. The van der Waals surface area contributed by atoms with E-state index in [1.807, 2.05) is 45.0 Å². The van der Waals surface area contributed by atoms with Crippen molar-refractivity contribution in [3.63, 3.8) is 0 Å². The third kappa shape index (κ3) is 3.39. The number of nitrogens with zero attached hydrogens (tertiary/aromatic N) is 2. The van der Waals surface area contributed by atoms with E-state index in [0.717, 1.165) is 5.56 Å². The fraction of sp³-hybridized carbons (Fsp3) is 0.333. The highest BCUT2D eigenvalue weighted by Crippen LogP contribution is 2.13. The second-order valence-corrected chi connectivity index (χ2v) is 6.04. The molecule has 0 radical (unpaired) electrons. The van der Waals surface area contributed by atoms with Gasteiger partial charge in [-0.05, 0) is 38.5 Å². The normalized spacial score (nSPS) is 11.4. The van der Waals surface area contributed by atoms with Gasteiger partial charge in [-0.3, -0.25) is 4.79 Å². The topological polar surface area (TPSA) is 46.9 Å². The van der Waals surface area contributed by atoms with Crippen LogP contribution < -0.4 is 10.9 Å². The standard InChI is InChI=1S/C15H18ClN3O/c1-15(2,3)19-8-7-17-13(14(19)20)18-10-11-5-4-6-12(16)9-11/h4-9H,10H2,1-3H3,(H,17,18). The van der Waals surface area contributed by atoms with Crippen molar-refractivity contribution in [3.8, 4) is 0 Å². The first-order valence-corrected chi connectivity index (χ1v) is 6.82. The second kappa shape index (κ2) is 5.67. The van der Waals surface area contributed by atoms with Crippen LogP contribution in [0.1, 0.15) is 26.3 Å². The third-order valence-electron chi connectivity index (χ3n) is 2.91. The molecule has 106 valence electrons. The summed E-state index contributed by atoms with van der Waals surface area (Å²) in [6, 6.07) is 7.51. The molecule has 1 N–H and O–H groups in total. The monoisotopic (exact) mass is 291 g/mol. The minimum atomic E-state index is -0.271. The van der Waals surface area contributed by atoms with E-state index in [9.17, 15) is 4.79 Å². The Morgan fingerprint density at radius 1 is 1.35 bits per heavy atom. The molecule has 2 aromatic rings. The number of hydrogen-bond donors (Lipinski definition) is 1. The number of aromatic nitrogens is 2. The van der Waals surface area contributed by atoms with E-state index in [2.05, 4.69) is 10.3 Å². The molecule has 0 aliphatic heterocycles. The van der Waals surface area contributed by atoms with Crippen molar-refractivity contribution in [2.24, 2.45) is 0 Å². The molecule has 5 heteroatoms. The maximum absolute atomic E-state index is 12.3. The van der Waals surface area contributed by atoms with E-state index >= 15 is 0 Å². The van der Waals surface area contributed by atoms with Crippen molar-refractivity contribution in [1.82, 2.24) is 9.55 Å². The molecule has 1 heterocycles. The average Bonchev–Trinajstić information content (AvgIpc) is 2.36. The summed E-state index contributed by atoms with van der Waals surface area (Å²) in [7, 11) is 0. The smallest absolute Gasteiger partial charge is 0.293 e. The molecular formula is C15H18ClN3O. The molecule has 0 fully saturated rings. The van der Waals surface area contributed by atoms with Crippen molar-refractivity contribution in [2.75, 3.05) is 5.32 Å². The van der Waals surface area contributed by atoms with E-state index in [1.165, 1.54) is 0 Å². The molecule has 4 nitrogen and oxygen atoms in total. The van der Waals surface area contributed by atoms with Crippen molar-refractivity contribution >= 4 is 17.4 Å². The van der Waals surface area contributed by atoms with E-state index in [0.29, 0.717) is 17.4 Å². The summed E-state index contributed by atoms with van der Waals surface area (Å²) < 4.78 is 1.67. The maximum atomic E-state index is 12.3. The van der Waals surface area contributed by atoms with Gasteiger partial charge in [0.1, 0.15) is 0 Å². The van der Waals surface area contributed by atoms with Crippen molar-refractivity contribution in [1.29, 1.82) is 0 Å². The molecule has 0 aliphatic rings. The summed E-state index contributed by atoms with van der Waals surface area (Å²) >= 11 is 5.93. The average molecular weight is 292 g/mol. The fourth-order valence-corrected chi connectivity index (χ4v) is 2.11. The van der Waals surface area contributed by atoms with Gasteiger partial charge in [0, 0.05) is 29.5 Å². The van der Waals surface area contributed by atoms with Gasteiger partial charge in [0.2, 0.25) is 0 Å². The van der Waals surface area contributed by atoms with Crippen LogP contribution >= 0.6 is 11.6 Å². The Morgan fingerprint density at radius 3 is 2.75 bits per heavy atom. The maximum Gasteiger partial charge on any atom is 0.293 e. The summed E-state index contributed by atoms with van der Waals surface area (Å²) in [5.74, 6) is 0.349. The first-order chi connectivity index (χ1) is 9.38. The summed E-state index contributed by atoms with van der Waals surface area (Å²) in [4.78, 5) is 16.4. The summed E-state index contributed by atoms with van der Waals surface area (Å²) in [5.41, 5.74) is 0.610. The van der Waals surface area contributed by atoms with Gasteiger partial charge in [0.25, 0.3) is 5.56 Å². The molecular weight excluding hydrogens is 274 g/mol. The number of nitrogens with one attached hydrogen (secondary N) is 1. The molecule has 20 heavy (non-hydrogen) atoms. The molecule has 0 aliphatic carbocycles. The largest absolute Gasteiger partial charge is 0.361 e. The molecule has 0 atom stereocenters. The summed E-state index contributed by atoms with van der Waals surface area (Å²) in [6.45, 7) is 6.45. The van der Waals surface area contributed by atoms with Gasteiger partial charge in [-0.2, -0.15) is 0 Å². The molecule has 0 unspecified atom stereocenters. The highest BCUT2D eigenvalue weighted by Gasteiger charge is 2.16. The number of halogens is 1. The van der Waals surface area contributed by atoms with Gasteiger partial charge < -0.3 is 9.88 Å². The van der Waals surface area contributed by atoms with Crippen LogP contribution in [-0.2, 0) is 12.1 Å². The van der Waals surface area contributed by atoms with Crippen LogP contribution in [0.15, 0.2) is 41.5 Å². The Hall–Kier alpha value is -1.81. The Morgan fingerprint density at radius 2 is 2.10 bits per heavy atom. The molecule has 1 aromatic carbocycles. The molecule has 0 saturated carbocycles. The predicted octanol–water partition coefficient (Wildman–Crippen LogP) is 3.26. The highest BCUT2D eigenvalue weighted by molar-refractivity contribution is 6.30. The molecule has 0 bridgehead atoms. The minimum Gasteiger partial charge on any atom is -0.361 e. The third-order valence-corrected chi connectivity index (χ3v) is 3.15. The number of rotatable bonds is 3. The summed E-state index contributed by atoms with van der Waals surface area (Å²) in [5, 5.41) is 3.74. The van der Waals surface area contributed by atoms with E-state index < -0.39 is 0 Å².